The molecule has 21 heavy (non-hydrogen) atoms. The van der Waals surface area contributed by atoms with Gasteiger partial charge in [-0.25, -0.2) is 4.39 Å². The summed E-state index contributed by atoms with van der Waals surface area (Å²) in [5.41, 5.74) is 1.11. The second-order valence-electron chi connectivity index (χ2n) is 6.64. The molecule has 0 aliphatic rings. The van der Waals surface area contributed by atoms with Gasteiger partial charge in [0.15, 0.2) is 0 Å². The molecule has 0 radical (unpaired) electrons. The third kappa shape index (κ3) is 8.18. The Labute approximate surface area is 129 Å². The number of rotatable bonds is 9. The maximum absolute atomic E-state index is 13.4. The van der Waals surface area contributed by atoms with Crippen molar-refractivity contribution in [2.45, 2.75) is 58.4 Å². The number of hydrogen-bond acceptors (Lipinski definition) is 2. The van der Waals surface area contributed by atoms with E-state index >= 15 is 0 Å². The average molecular weight is 295 g/mol. The van der Waals surface area contributed by atoms with Gasteiger partial charge in [-0.3, -0.25) is 0 Å². The molecule has 0 fully saturated rings. The van der Waals surface area contributed by atoms with Crippen LogP contribution in [0.2, 0.25) is 0 Å². The van der Waals surface area contributed by atoms with Gasteiger partial charge in [0.05, 0.1) is 0 Å². The van der Waals surface area contributed by atoms with Crippen LogP contribution in [0.1, 0.15) is 58.4 Å². The first kappa shape index (κ1) is 18.1. The molecule has 0 amide bonds. The van der Waals surface area contributed by atoms with Gasteiger partial charge in [-0.2, -0.15) is 0 Å². The second kappa shape index (κ2) is 9.16. The topological polar surface area (TPSA) is 21.3 Å². The molecule has 2 nitrogen and oxygen atoms in total. The van der Waals surface area contributed by atoms with Crippen LogP contribution in [0.5, 0.6) is 0 Å². The minimum atomic E-state index is -0.167. The van der Waals surface area contributed by atoms with E-state index in [1.807, 2.05) is 6.07 Å². The van der Waals surface area contributed by atoms with Crippen molar-refractivity contribution < 1.29 is 9.13 Å². The van der Waals surface area contributed by atoms with Crippen molar-refractivity contribution in [3.63, 3.8) is 0 Å². The van der Waals surface area contributed by atoms with E-state index in [-0.39, 0.29) is 17.3 Å². The van der Waals surface area contributed by atoms with Crippen LogP contribution in [-0.4, -0.2) is 25.3 Å². The van der Waals surface area contributed by atoms with Gasteiger partial charge in [-0.05, 0) is 57.2 Å². The molecule has 1 aromatic carbocycles. The Morgan fingerprint density at radius 2 is 2.00 bits per heavy atom. The lowest BCUT2D eigenvalue weighted by atomic mass is 9.94. The predicted octanol–water partition coefficient (Wildman–Crippen LogP) is 4.50. The molecule has 3 heteroatoms. The van der Waals surface area contributed by atoms with Gasteiger partial charge in [0.25, 0.3) is 0 Å². The molecule has 1 aromatic rings. The van der Waals surface area contributed by atoms with Crippen LogP contribution in [0, 0.1) is 5.82 Å². The number of halogens is 1. The van der Waals surface area contributed by atoms with Crippen LogP contribution in [0.3, 0.4) is 0 Å². The highest BCUT2D eigenvalue weighted by Gasteiger charge is 2.16. The summed E-state index contributed by atoms with van der Waals surface area (Å²) in [4.78, 5) is 0. The predicted molar refractivity (Wildman–Crippen MR) is 87.2 cm³/mol. The highest BCUT2D eigenvalue weighted by molar-refractivity contribution is 5.21. The molecule has 0 heterocycles. The van der Waals surface area contributed by atoms with E-state index in [2.05, 4.69) is 33.0 Å². The highest BCUT2D eigenvalue weighted by atomic mass is 19.1. The smallest absolute Gasteiger partial charge is 0.123 e. The second-order valence-corrected chi connectivity index (χ2v) is 6.64. The maximum Gasteiger partial charge on any atom is 0.123 e. The number of benzene rings is 1. The molecule has 1 N–H and O–H groups in total. The summed E-state index contributed by atoms with van der Waals surface area (Å²) in [6.45, 7) is 11.0. The lowest BCUT2D eigenvalue weighted by Crippen LogP contribution is -2.38. The molecule has 0 bridgehead atoms. The maximum atomic E-state index is 13.4. The first-order valence-corrected chi connectivity index (χ1v) is 8.00. The lowest BCUT2D eigenvalue weighted by molar-refractivity contribution is 0.123. The fraction of sp³-hybridized carbons (Fsp3) is 0.667. The molecule has 0 saturated heterocycles. The van der Waals surface area contributed by atoms with Crippen molar-refractivity contribution in [2.75, 3.05) is 19.8 Å². The summed E-state index contributed by atoms with van der Waals surface area (Å²) in [7, 11) is 0. The molecule has 1 rings (SSSR count). The Bertz CT molecular complexity index is 400. The Hall–Kier alpha value is -0.930. The zero-order valence-electron chi connectivity index (χ0n) is 13.9. The van der Waals surface area contributed by atoms with Crippen LogP contribution in [0.15, 0.2) is 24.3 Å². The van der Waals surface area contributed by atoms with Gasteiger partial charge >= 0.3 is 0 Å². The van der Waals surface area contributed by atoms with E-state index in [1.54, 1.807) is 12.1 Å². The minimum absolute atomic E-state index is 0.0641. The number of unbranched alkanes of at least 4 members (excludes halogenated alkanes) is 1. The van der Waals surface area contributed by atoms with Gasteiger partial charge in [0.1, 0.15) is 5.82 Å². The number of ether oxygens (including phenoxy) is 1. The molecule has 1 atom stereocenters. The Kier molecular flexibility index (Phi) is 7.91. The van der Waals surface area contributed by atoms with E-state index in [0.29, 0.717) is 0 Å². The van der Waals surface area contributed by atoms with Gasteiger partial charge in [0.2, 0.25) is 0 Å². The largest absolute Gasteiger partial charge is 0.381 e. The summed E-state index contributed by atoms with van der Waals surface area (Å²) in [6, 6.07) is 6.92. The average Bonchev–Trinajstić information content (AvgIpc) is 2.40. The third-order valence-corrected chi connectivity index (χ3v) is 3.45. The summed E-state index contributed by atoms with van der Waals surface area (Å²) in [6.07, 6.45) is 3.17. The minimum Gasteiger partial charge on any atom is -0.381 e. The molecular weight excluding hydrogens is 265 g/mol. The third-order valence-electron chi connectivity index (χ3n) is 3.45. The van der Waals surface area contributed by atoms with Crippen molar-refractivity contribution in [3.8, 4) is 0 Å². The Balaban J connectivity index is 2.57. The summed E-state index contributed by atoms with van der Waals surface area (Å²) >= 11 is 0. The Morgan fingerprint density at radius 3 is 2.62 bits per heavy atom. The van der Waals surface area contributed by atoms with E-state index < -0.39 is 0 Å². The zero-order chi connectivity index (χ0) is 15.7. The fourth-order valence-electron chi connectivity index (χ4n) is 2.15. The first-order valence-electron chi connectivity index (χ1n) is 8.00. The van der Waals surface area contributed by atoms with Crippen LogP contribution in [0.4, 0.5) is 4.39 Å². The quantitative estimate of drug-likeness (QED) is 0.677. The fourth-order valence-corrected chi connectivity index (χ4v) is 2.15. The van der Waals surface area contributed by atoms with E-state index in [0.717, 1.165) is 44.6 Å². The molecule has 120 valence electrons. The molecule has 0 aliphatic carbocycles. The van der Waals surface area contributed by atoms with E-state index in [4.69, 9.17) is 4.74 Å². The van der Waals surface area contributed by atoms with Crippen molar-refractivity contribution >= 4 is 0 Å². The van der Waals surface area contributed by atoms with Crippen LogP contribution < -0.4 is 5.32 Å². The lowest BCUT2D eigenvalue weighted by Gasteiger charge is -2.25. The summed E-state index contributed by atoms with van der Waals surface area (Å²) in [5.74, 6) is 0.113. The molecule has 1 unspecified atom stereocenters. The standard InChI is InChI=1S/C18H30FNO/c1-5-6-11-21-12-10-16(14-20-18(2,3)4)15-8-7-9-17(19)13-15/h7-9,13,16,20H,5-6,10-12,14H2,1-4H3. The summed E-state index contributed by atoms with van der Waals surface area (Å²) < 4.78 is 19.1. The normalized spacial score (nSPS) is 13.4. The van der Waals surface area contributed by atoms with Crippen molar-refractivity contribution in [3.05, 3.63) is 35.6 Å². The van der Waals surface area contributed by atoms with E-state index in [9.17, 15) is 4.39 Å². The molecule has 0 aliphatic heterocycles. The SMILES string of the molecule is CCCCOCCC(CNC(C)(C)C)c1cccc(F)c1. The Morgan fingerprint density at radius 1 is 1.24 bits per heavy atom. The van der Waals surface area contributed by atoms with Crippen molar-refractivity contribution in [1.29, 1.82) is 0 Å². The van der Waals surface area contributed by atoms with Gasteiger partial charge in [0, 0.05) is 25.3 Å². The van der Waals surface area contributed by atoms with E-state index in [1.165, 1.54) is 6.07 Å². The van der Waals surface area contributed by atoms with Gasteiger partial charge in [-0.15, -0.1) is 0 Å². The zero-order valence-corrected chi connectivity index (χ0v) is 13.9. The first-order chi connectivity index (χ1) is 9.92. The number of nitrogens with one attached hydrogen (secondary N) is 1. The van der Waals surface area contributed by atoms with Crippen LogP contribution >= 0.6 is 0 Å². The van der Waals surface area contributed by atoms with Crippen LogP contribution in [0.25, 0.3) is 0 Å². The van der Waals surface area contributed by atoms with Crippen LogP contribution in [-0.2, 0) is 4.74 Å². The van der Waals surface area contributed by atoms with Gasteiger partial charge in [-0.1, -0.05) is 25.5 Å². The number of hydrogen-bond donors (Lipinski definition) is 1. The summed E-state index contributed by atoms with van der Waals surface area (Å²) in [5, 5.41) is 3.51. The molecule has 0 aromatic heterocycles. The monoisotopic (exact) mass is 295 g/mol. The van der Waals surface area contributed by atoms with Crippen molar-refractivity contribution in [1.82, 2.24) is 5.32 Å². The molecular formula is C18H30FNO. The molecule has 0 saturated carbocycles. The van der Waals surface area contributed by atoms with Crippen molar-refractivity contribution in [2.24, 2.45) is 0 Å². The van der Waals surface area contributed by atoms with Gasteiger partial charge < -0.3 is 10.1 Å². The highest BCUT2D eigenvalue weighted by Crippen LogP contribution is 2.21. The molecule has 0 spiro atoms.